The maximum Gasteiger partial charge on any atom is 0.239 e. The molecule has 41 heavy (non-hydrogen) atoms. The summed E-state index contributed by atoms with van der Waals surface area (Å²) in [4.78, 5) is 37.8. The van der Waals surface area contributed by atoms with Crippen LogP contribution in [0.5, 0.6) is 0 Å². The van der Waals surface area contributed by atoms with Crippen molar-refractivity contribution in [2.45, 2.75) is 11.3 Å². The molecule has 8 heteroatoms. The number of benzene rings is 4. The Kier molecular flexibility index (Phi) is 4.82. The summed E-state index contributed by atoms with van der Waals surface area (Å²) in [6, 6.07) is 32.6. The first kappa shape index (κ1) is 23.3. The molecule has 2 amide bonds. The maximum absolute atomic E-state index is 14.5. The Morgan fingerprint density at radius 1 is 0.878 bits per heavy atom. The molecule has 2 heterocycles. The Bertz CT molecular complexity index is 1900. The summed E-state index contributed by atoms with van der Waals surface area (Å²) in [5.41, 5.74) is 8.24. The minimum absolute atomic E-state index is 0.282. The number of H-pyrrole nitrogens is 1. The van der Waals surface area contributed by atoms with Crippen LogP contribution in [0.15, 0.2) is 102 Å². The molecule has 4 aromatic carbocycles. The maximum atomic E-state index is 14.5. The number of para-hydroxylation sites is 3. The highest BCUT2D eigenvalue weighted by Gasteiger charge is 2.68. The second kappa shape index (κ2) is 8.47. The lowest BCUT2D eigenvalue weighted by Gasteiger charge is -2.52. The molecule has 3 aliphatic carbocycles. The molecule has 1 aromatic heterocycles. The third kappa shape index (κ3) is 3.03. The number of hydrogen-bond acceptors (Lipinski definition) is 6. The predicted octanol–water partition coefficient (Wildman–Crippen LogP) is 5.08. The van der Waals surface area contributed by atoms with Crippen molar-refractivity contribution in [2.24, 2.45) is 16.9 Å². The minimum Gasteiger partial charge on any atom is -0.323 e. The zero-order valence-corrected chi connectivity index (χ0v) is 21.7. The third-order valence-corrected chi connectivity index (χ3v) is 8.78. The molecule has 0 radical (unpaired) electrons. The summed E-state index contributed by atoms with van der Waals surface area (Å²) >= 11 is 0. The number of hydrazone groups is 1. The van der Waals surface area contributed by atoms with E-state index in [1.165, 1.54) is 4.90 Å². The van der Waals surface area contributed by atoms with E-state index in [9.17, 15) is 14.9 Å². The van der Waals surface area contributed by atoms with Gasteiger partial charge in [-0.25, -0.2) is 15.3 Å². The molecule has 4 aliphatic rings. The predicted molar refractivity (Wildman–Crippen MR) is 154 cm³/mol. The number of carbonyl (C=O) groups is 2. The topological polar surface area (TPSA) is 114 Å². The molecule has 1 saturated heterocycles. The van der Waals surface area contributed by atoms with Crippen LogP contribution in [0, 0.1) is 23.2 Å². The lowest BCUT2D eigenvalue weighted by atomic mass is 9.47. The van der Waals surface area contributed by atoms with E-state index in [4.69, 9.17) is 0 Å². The van der Waals surface area contributed by atoms with Crippen molar-refractivity contribution >= 4 is 40.7 Å². The lowest BCUT2D eigenvalue weighted by molar-refractivity contribution is -0.122. The van der Waals surface area contributed by atoms with Crippen molar-refractivity contribution in [3.8, 4) is 6.07 Å². The highest BCUT2D eigenvalue weighted by atomic mass is 16.2. The van der Waals surface area contributed by atoms with E-state index in [2.05, 4.69) is 26.6 Å². The van der Waals surface area contributed by atoms with Gasteiger partial charge in [0.1, 0.15) is 6.07 Å². The first-order chi connectivity index (χ1) is 20.1. The van der Waals surface area contributed by atoms with Crippen LogP contribution in [-0.4, -0.2) is 28.0 Å². The minimum atomic E-state index is -1.02. The van der Waals surface area contributed by atoms with E-state index >= 15 is 0 Å². The number of aromatic nitrogens is 2. The van der Waals surface area contributed by atoms with Gasteiger partial charge in [-0.3, -0.25) is 9.59 Å². The van der Waals surface area contributed by atoms with Gasteiger partial charge in [-0.1, -0.05) is 72.8 Å². The Balaban J connectivity index is 1.33. The van der Waals surface area contributed by atoms with Crippen molar-refractivity contribution in [1.82, 2.24) is 9.97 Å². The van der Waals surface area contributed by atoms with Crippen LogP contribution in [0.4, 0.5) is 11.6 Å². The quantitative estimate of drug-likeness (QED) is 0.190. The van der Waals surface area contributed by atoms with Crippen LogP contribution >= 0.6 is 0 Å². The standard InChI is InChI=1S/C33H22N6O2/c34-17-19-9-1-8-16-26(19)39-30(40)28-27-20-10-2-4-12-22(20)33(29(28)31(39)41,23-13-5-3-11-21(23)27)18-35-38-32-36-24-14-6-7-15-25(24)37-32/h1-16,18,27-29H,(H2,36,37,38)/b35-18-/t27?,28-,29+,33?/m0/s1. The van der Waals surface area contributed by atoms with E-state index in [-0.39, 0.29) is 23.3 Å². The molecule has 8 nitrogen and oxygen atoms in total. The van der Waals surface area contributed by atoms with Gasteiger partial charge in [0.2, 0.25) is 17.8 Å². The zero-order valence-electron chi connectivity index (χ0n) is 21.7. The molecule has 2 N–H and O–H groups in total. The third-order valence-electron chi connectivity index (χ3n) is 8.78. The molecule has 9 rings (SSSR count). The number of fused-ring (bicyclic) bond motifs is 1. The van der Waals surface area contributed by atoms with Crippen LogP contribution in [0.1, 0.15) is 33.7 Å². The van der Waals surface area contributed by atoms with E-state index in [0.29, 0.717) is 11.6 Å². The number of hydrogen-bond donors (Lipinski definition) is 2. The number of nitrogens with one attached hydrogen (secondary N) is 2. The fourth-order valence-electron chi connectivity index (χ4n) is 7.25. The number of carbonyl (C=O) groups excluding carboxylic acids is 2. The van der Waals surface area contributed by atoms with Crippen molar-refractivity contribution in [2.75, 3.05) is 10.3 Å². The number of imide groups is 1. The van der Waals surface area contributed by atoms with Gasteiger partial charge in [-0.05, 0) is 46.5 Å². The van der Waals surface area contributed by atoms with Crippen LogP contribution in [0.3, 0.4) is 0 Å². The number of anilines is 2. The van der Waals surface area contributed by atoms with Crippen LogP contribution in [0.2, 0.25) is 0 Å². The molecule has 5 aromatic rings. The zero-order chi connectivity index (χ0) is 27.7. The second-order valence-electron chi connectivity index (χ2n) is 10.6. The van der Waals surface area contributed by atoms with Crippen LogP contribution < -0.4 is 10.3 Å². The van der Waals surface area contributed by atoms with Gasteiger partial charge in [-0.2, -0.15) is 10.4 Å². The largest absolute Gasteiger partial charge is 0.323 e. The molecular weight excluding hydrogens is 512 g/mol. The van der Waals surface area contributed by atoms with Gasteiger partial charge in [-0.15, -0.1) is 0 Å². The summed E-state index contributed by atoms with van der Waals surface area (Å²) in [5.74, 6) is -1.82. The van der Waals surface area contributed by atoms with Gasteiger partial charge >= 0.3 is 0 Å². The monoisotopic (exact) mass is 534 g/mol. The Labute approximate surface area is 235 Å². The molecule has 2 bridgehead atoms. The average molecular weight is 535 g/mol. The van der Waals surface area contributed by atoms with E-state index < -0.39 is 17.3 Å². The number of amides is 2. The summed E-state index contributed by atoms with van der Waals surface area (Å²) in [6.07, 6.45) is 1.77. The van der Waals surface area contributed by atoms with Crippen LogP contribution in [0.25, 0.3) is 11.0 Å². The summed E-state index contributed by atoms with van der Waals surface area (Å²) < 4.78 is 0. The van der Waals surface area contributed by atoms with E-state index in [0.717, 1.165) is 33.3 Å². The molecule has 2 atom stereocenters. The summed E-state index contributed by atoms with van der Waals surface area (Å²) in [5, 5.41) is 14.5. The number of imidazole rings is 1. The van der Waals surface area contributed by atoms with Crippen molar-refractivity contribution in [3.05, 3.63) is 125 Å². The Morgan fingerprint density at radius 3 is 2.27 bits per heavy atom. The molecule has 196 valence electrons. The summed E-state index contributed by atoms with van der Waals surface area (Å²) in [6.45, 7) is 0. The molecule has 0 spiro atoms. The number of aromatic amines is 1. The Hall–Kier alpha value is -5.55. The van der Waals surface area contributed by atoms with Gasteiger partial charge in [0.15, 0.2) is 0 Å². The summed E-state index contributed by atoms with van der Waals surface area (Å²) in [7, 11) is 0. The van der Waals surface area contributed by atoms with E-state index in [1.54, 1.807) is 30.5 Å². The van der Waals surface area contributed by atoms with Gasteiger partial charge in [0, 0.05) is 12.1 Å². The van der Waals surface area contributed by atoms with Crippen molar-refractivity contribution < 1.29 is 9.59 Å². The Morgan fingerprint density at radius 2 is 1.54 bits per heavy atom. The first-order valence-electron chi connectivity index (χ1n) is 13.4. The van der Waals surface area contributed by atoms with Gasteiger partial charge in [0.25, 0.3) is 0 Å². The number of nitrogens with zero attached hydrogens (tertiary/aromatic N) is 4. The van der Waals surface area contributed by atoms with E-state index in [1.807, 2.05) is 72.8 Å². The molecular formula is C33H22N6O2. The second-order valence-corrected chi connectivity index (χ2v) is 10.6. The lowest BCUT2D eigenvalue weighted by Crippen LogP contribution is -2.54. The van der Waals surface area contributed by atoms with Crippen molar-refractivity contribution in [1.29, 1.82) is 5.26 Å². The molecule has 0 unspecified atom stereocenters. The fraction of sp³-hybridized carbons (Fsp3) is 0.121. The highest BCUT2D eigenvalue weighted by molar-refractivity contribution is 6.25. The van der Waals surface area contributed by atoms with Crippen molar-refractivity contribution in [3.63, 3.8) is 0 Å². The van der Waals surface area contributed by atoms with Crippen LogP contribution in [-0.2, 0) is 15.0 Å². The number of rotatable bonds is 4. The van der Waals surface area contributed by atoms with Gasteiger partial charge < -0.3 is 4.98 Å². The highest BCUT2D eigenvalue weighted by Crippen LogP contribution is 2.63. The average Bonchev–Trinajstić information content (AvgIpc) is 3.55. The first-order valence-corrected chi connectivity index (χ1v) is 13.4. The molecule has 1 aliphatic heterocycles. The fourth-order valence-corrected chi connectivity index (χ4v) is 7.25. The van der Waals surface area contributed by atoms with Gasteiger partial charge in [0.05, 0.1) is 39.5 Å². The molecule has 1 fully saturated rings. The smallest absolute Gasteiger partial charge is 0.239 e. The normalized spacial score (nSPS) is 23.9. The SMILES string of the molecule is N#Cc1ccccc1N1C(=O)[C@H]2C3c4ccccc4C(/C=N\Nc4nc5ccccc5[nH]4)(c4ccccc43)[C@H]2C1=O. The molecule has 0 saturated carbocycles. The number of nitriles is 1.